The molecule has 2 aromatic rings. The molecule has 3 rings (SSSR count). The van der Waals surface area contributed by atoms with E-state index in [4.69, 9.17) is 4.74 Å². The number of carbonyl (C=O) groups excluding carboxylic acids is 1. The summed E-state index contributed by atoms with van der Waals surface area (Å²) in [6.45, 7) is 3.85. The zero-order valence-electron chi connectivity index (χ0n) is 16.4. The lowest BCUT2D eigenvalue weighted by atomic mass is 9.73. The van der Waals surface area contributed by atoms with E-state index in [0.717, 1.165) is 11.6 Å². The lowest BCUT2D eigenvalue weighted by molar-refractivity contribution is -0.159. The van der Waals surface area contributed by atoms with Gasteiger partial charge in [0.15, 0.2) is 0 Å². The molecule has 1 saturated heterocycles. The first-order chi connectivity index (χ1) is 13.8. The van der Waals surface area contributed by atoms with Crippen molar-refractivity contribution in [3.8, 4) is 0 Å². The zero-order valence-corrected chi connectivity index (χ0v) is 16.4. The number of carbonyl (C=O) groups is 1. The van der Waals surface area contributed by atoms with E-state index in [1.807, 2.05) is 12.1 Å². The van der Waals surface area contributed by atoms with Crippen LogP contribution >= 0.6 is 0 Å². The molecule has 156 valence electrons. The van der Waals surface area contributed by atoms with Crippen LogP contribution < -0.4 is 0 Å². The minimum atomic E-state index is -4.45. The molecule has 2 heterocycles. The topological polar surface area (TPSA) is 42.4 Å². The Labute approximate surface area is 168 Å². The molecule has 0 spiro atoms. The minimum Gasteiger partial charge on any atom is -0.466 e. The number of halogens is 3. The summed E-state index contributed by atoms with van der Waals surface area (Å²) < 4.78 is 45.6. The summed E-state index contributed by atoms with van der Waals surface area (Å²) in [7, 11) is 0. The predicted molar refractivity (Wildman–Crippen MR) is 103 cm³/mol. The quantitative estimate of drug-likeness (QED) is 0.663. The first-order valence-corrected chi connectivity index (χ1v) is 9.78. The molecule has 0 amide bonds. The average molecular weight is 406 g/mol. The summed E-state index contributed by atoms with van der Waals surface area (Å²) in [5.41, 5.74) is -0.406. The van der Waals surface area contributed by atoms with Gasteiger partial charge in [0.2, 0.25) is 0 Å². The number of alkyl halides is 3. The van der Waals surface area contributed by atoms with Gasteiger partial charge in [-0.2, -0.15) is 13.2 Å². The summed E-state index contributed by atoms with van der Waals surface area (Å²) in [5.74, 6) is -0.405. The molecular formula is C22H25F3N2O2. The van der Waals surface area contributed by atoms with Crippen molar-refractivity contribution >= 4 is 5.97 Å². The normalized spacial score (nSPS) is 17.1. The molecule has 29 heavy (non-hydrogen) atoms. The molecule has 1 fully saturated rings. The van der Waals surface area contributed by atoms with Crippen molar-refractivity contribution in [1.82, 2.24) is 9.88 Å². The second-order valence-electron chi connectivity index (χ2n) is 7.47. The Morgan fingerprint density at radius 2 is 1.90 bits per heavy atom. The third-order valence-corrected chi connectivity index (χ3v) is 5.50. The first kappa shape index (κ1) is 21.3. The average Bonchev–Trinajstić information content (AvgIpc) is 2.70. The van der Waals surface area contributed by atoms with Gasteiger partial charge in [0, 0.05) is 18.9 Å². The Bertz CT molecular complexity index is 816. The molecule has 0 unspecified atom stereocenters. The molecule has 1 aliphatic heterocycles. The highest BCUT2D eigenvalue weighted by atomic mass is 19.4. The van der Waals surface area contributed by atoms with Crippen molar-refractivity contribution < 1.29 is 22.7 Å². The number of esters is 1. The van der Waals surface area contributed by atoms with Crippen molar-refractivity contribution in [2.75, 3.05) is 19.7 Å². The standard InChI is InChI=1S/C22H25F3N2O2/c1-2-29-20(28)21(14-18-7-3-4-8-19(18)22(23,24)25)9-12-27(13-10-21)16-17-6-5-11-26-15-17/h3-8,11,15H,2,9-10,12-14,16H2,1H3. The summed E-state index contributed by atoms with van der Waals surface area (Å²) in [5, 5.41) is 0. The predicted octanol–water partition coefficient (Wildman–Crippen LogP) is 4.49. The summed E-state index contributed by atoms with van der Waals surface area (Å²) in [4.78, 5) is 19.1. The fourth-order valence-corrected chi connectivity index (χ4v) is 3.94. The molecular weight excluding hydrogens is 381 g/mol. The second kappa shape index (κ2) is 8.95. The highest BCUT2D eigenvalue weighted by Gasteiger charge is 2.44. The fourth-order valence-electron chi connectivity index (χ4n) is 3.94. The van der Waals surface area contributed by atoms with Crippen LogP contribution in [0.25, 0.3) is 0 Å². The minimum absolute atomic E-state index is 0.0300. The zero-order chi connectivity index (χ0) is 20.9. The molecule has 0 radical (unpaired) electrons. The van der Waals surface area contributed by atoms with Crippen LogP contribution in [0.15, 0.2) is 48.8 Å². The molecule has 7 heteroatoms. The Balaban J connectivity index is 1.79. The van der Waals surface area contributed by atoms with E-state index in [-0.39, 0.29) is 18.6 Å². The van der Waals surface area contributed by atoms with Crippen LogP contribution in [0.1, 0.15) is 36.5 Å². The largest absolute Gasteiger partial charge is 0.466 e. The molecule has 1 aliphatic rings. The fraction of sp³-hybridized carbons (Fsp3) is 0.455. The van der Waals surface area contributed by atoms with Crippen LogP contribution in [0.4, 0.5) is 13.2 Å². The number of ether oxygens (including phenoxy) is 1. The Morgan fingerprint density at radius 3 is 2.52 bits per heavy atom. The van der Waals surface area contributed by atoms with Crippen molar-refractivity contribution in [3.05, 3.63) is 65.5 Å². The van der Waals surface area contributed by atoms with Crippen LogP contribution in [0.5, 0.6) is 0 Å². The number of hydrogen-bond donors (Lipinski definition) is 0. The molecule has 0 saturated carbocycles. The van der Waals surface area contributed by atoms with E-state index in [2.05, 4.69) is 9.88 Å². The van der Waals surface area contributed by atoms with Gasteiger partial charge in [-0.15, -0.1) is 0 Å². The maximum absolute atomic E-state index is 13.5. The maximum Gasteiger partial charge on any atom is 0.416 e. The van der Waals surface area contributed by atoms with Crippen molar-refractivity contribution in [2.24, 2.45) is 5.41 Å². The second-order valence-corrected chi connectivity index (χ2v) is 7.47. The van der Waals surface area contributed by atoms with E-state index in [9.17, 15) is 18.0 Å². The van der Waals surface area contributed by atoms with Crippen LogP contribution in [0.3, 0.4) is 0 Å². The Hall–Kier alpha value is -2.41. The van der Waals surface area contributed by atoms with Crippen LogP contribution in [0, 0.1) is 5.41 Å². The number of pyridine rings is 1. The maximum atomic E-state index is 13.5. The smallest absolute Gasteiger partial charge is 0.416 e. The van der Waals surface area contributed by atoms with Gasteiger partial charge >= 0.3 is 12.1 Å². The van der Waals surface area contributed by atoms with Crippen molar-refractivity contribution in [3.63, 3.8) is 0 Å². The van der Waals surface area contributed by atoms with E-state index >= 15 is 0 Å². The Kier molecular flexibility index (Phi) is 6.57. The van der Waals surface area contributed by atoms with Crippen LogP contribution in [-0.4, -0.2) is 35.5 Å². The summed E-state index contributed by atoms with van der Waals surface area (Å²) in [6, 6.07) is 9.36. The third-order valence-electron chi connectivity index (χ3n) is 5.50. The van der Waals surface area contributed by atoms with E-state index in [1.165, 1.54) is 12.1 Å². The SMILES string of the molecule is CCOC(=O)C1(Cc2ccccc2C(F)(F)F)CCN(Cc2cccnc2)CC1. The third kappa shape index (κ3) is 5.15. The van der Waals surface area contributed by atoms with E-state index in [1.54, 1.807) is 25.4 Å². The highest BCUT2D eigenvalue weighted by Crippen LogP contribution is 2.40. The number of benzene rings is 1. The van der Waals surface area contributed by atoms with Gasteiger partial charge < -0.3 is 4.74 Å². The molecule has 0 bridgehead atoms. The number of piperidine rings is 1. The number of rotatable bonds is 6. The van der Waals surface area contributed by atoms with Crippen molar-refractivity contribution in [1.29, 1.82) is 0 Å². The Morgan fingerprint density at radius 1 is 1.17 bits per heavy atom. The van der Waals surface area contributed by atoms with Gasteiger partial charge in [0.1, 0.15) is 0 Å². The van der Waals surface area contributed by atoms with Gasteiger partial charge in [-0.3, -0.25) is 14.7 Å². The van der Waals surface area contributed by atoms with Gasteiger partial charge in [-0.25, -0.2) is 0 Å². The lowest BCUT2D eigenvalue weighted by Gasteiger charge is -2.40. The molecule has 4 nitrogen and oxygen atoms in total. The van der Waals surface area contributed by atoms with E-state index < -0.39 is 23.1 Å². The monoisotopic (exact) mass is 406 g/mol. The first-order valence-electron chi connectivity index (χ1n) is 9.78. The van der Waals surface area contributed by atoms with Crippen LogP contribution in [-0.2, 0) is 28.7 Å². The molecule has 0 N–H and O–H groups in total. The lowest BCUT2D eigenvalue weighted by Crippen LogP contribution is -2.46. The van der Waals surface area contributed by atoms with Gasteiger partial charge in [-0.05, 0) is 62.5 Å². The molecule has 0 atom stereocenters. The van der Waals surface area contributed by atoms with E-state index in [0.29, 0.717) is 32.5 Å². The number of aromatic nitrogens is 1. The molecule has 1 aromatic carbocycles. The summed E-state index contributed by atoms with van der Waals surface area (Å²) in [6.07, 6.45) is 0.00262. The molecule has 1 aromatic heterocycles. The van der Waals surface area contributed by atoms with Gasteiger partial charge in [0.25, 0.3) is 0 Å². The molecule has 0 aliphatic carbocycles. The number of likely N-dealkylation sites (tertiary alicyclic amines) is 1. The van der Waals surface area contributed by atoms with Gasteiger partial charge in [-0.1, -0.05) is 24.3 Å². The number of hydrogen-bond acceptors (Lipinski definition) is 4. The van der Waals surface area contributed by atoms with Crippen molar-refractivity contribution in [2.45, 2.75) is 38.9 Å². The van der Waals surface area contributed by atoms with Gasteiger partial charge in [0.05, 0.1) is 17.6 Å². The van der Waals surface area contributed by atoms with Crippen LogP contribution in [0.2, 0.25) is 0 Å². The highest BCUT2D eigenvalue weighted by molar-refractivity contribution is 5.77. The summed E-state index contributed by atoms with van der Waals surface area (Å²) >= 11 is 0. The number of nitrogens with zero attached hydrogens (tertiary/aromatic N) is 2.